The van der Waals surface area contributed by atoms with Crippen LogP contribution in [0.15, 0.2) is 24.3 Å². The first-order valence-corrected chi connectivity index (χ1v) is 7.43. The molecule has 0 bridgehead atoms. The van der Waals surface area contributed by atoms with Gasteiger partial charge in [-0.05, 0) is 38.5 Å². The molecule has 0 aromatic heterocycles. The lowest BCUT2D eigenvalue weighted by atomic mass is 10.1. The van der Waals surface area contributed by atoms with Gasteiger partial charge in [0.25, 0.3) is 0 Å². The summed E-state index contributed by atoms with van der Waals surface area (Å²) in [5.41, 5.74) is 0.404. The standard InChI is InChI=1S/C16H25FN2O/c1-3-18(2)10-13-8-9-19(11-13)12-16(20)14-6-4-5-7-15(14)17/h4-7,13,16,20H,3,8-12H2,1-2H3. The fraction of sp³-hybridized carbons (Fsp3) is 0.625. The molecule has 0 radical (unpaired) electrons. The molecule has 3 nitrogen and oxygen atoms in total. The number of halogens is 1. The Hall–Kier alpha value is -0.970. The molecule has 1 aromatic rings. The minimum absolute atomic E-state index is 0.318. The van der Waals surface area contributed by atoms with Crippen molar-refractivity contribution in [3.8, 4) is 0 Å². The van der Waals surface area contributed by atoms with E-state index in [0.717, 1.165) is 32.6 Å². The minimum Gasteiger partial charge on any atom is -0.387 e. The first-order valence-electron chi connectivity index (χ1n) is 7.43. The van der Waals surface area contributed by atoms with E-state index in [1.54, 1.807) is 18.2 Å². The van der Waals surface area contributed by atoms with Gasteiger partial charge in [0.2, 0.25) is 0 Å². The van der Waals surface area contributed by atoms with Gasteiger partial charge in [-0.2, -0.15) is 0 Å². The van der Waals surface area contributed by atoms with Gasteiger partial charge in [0.05, 0.1) is 6.10 Å². The third-order valence-electron chi connectivity index (χ3n) is 4.18. The number of nitrogens with zero attached hydrogens (tertiary/aromatic N) is 2. The lowest BCUT2D eigenvalue weighted by molar-refractivity contribution is 0.119. The maximum absolute atomic E-state index is 13.6. The Morgan fingerprint density at radius 3 is 2.90 bits per heavy atom. The highest BCUT2D eigenvalue weighted by atomic mass is 19.1. The van der Waals surface area contributed by atoms with E-state index in [0.29, 0.717) is 18.0 Å². The SMILES string of the molecule is CCN(C)CC1CCN(CC(O)c2ccccc2F)C1. The van der Waals surface area contributed by atoms with Crippen LogP contribution in [-0.4, -0.2) is 54.7 Å². The summed E-state index contributed by atoms with van der Waals surface area (Å²) in [6.07, 6.45) is 0.424. The largest absolute Gasteiger partial charge is 0.387 e. The number of aliphatic hydroxyl groups is 1. The molecule has 1 aliphatic heterocycles. The average molecular weight is 280 g/mol. The maximum atomic E-state index is 13.6. The van der Waals surface area contributed by atoms with E-state index in [1.165, 1.54) is 6.07 Å². The quantitative estimate of drug-likeness (QED) is 0.865. The summed E-state index contributed by atoms with van der Waals surface area (Å²) in [5, 5.41) is 10.2. The first kappa shape index (κ1) is 15.4. The molecule has 0 saturated carbocycles. The highest BCUT2D eigenvalue weighted by Crippen LogP contribution is 2.22. The van der Waals surface area contributed by atoms with E-state index in [-0.39, 0.29) is 5.82 Å². The second kappa shape index (κ2) is 7.16. The van der Waals surface area contributed by atoms with Crippen molar-refractivity contribution in [3.63, 3.8) is 0 Å². The van der Waals surface area contributed by atoms with Crippen molar-refractivity contribution in [2.24, 2.45) is 5.92 Å². The number of hydrogen-bond donors (Lipinski definition) is 1. The Bertz CT molecular complexity index is 427. The second-order valence-corrected chi connectivity index (χ2v) is 5.81. The Kier molecular flexibility index (Phi) is 5.52. The summed E-state index contributed by atoms with van der Waals surface area (Å²) in [5.74, 6) is 0.342. The van der Waals surface area contributed by atoms with Crippen LogP contribution in [0.1, 0.15) is 25.0 Å². The molecule has 4 heteroatoms. The van der Waals surface area contributed by atoms with Crippen molar-refractivity contribution < 1.29 is 9.50 Å². The molecular weight excluding hydrogens is 255 g/mol. The third kappa shape index (κ3) is 4.01. The van der Waals surface area contributed by atoms with Crippen LogP contribution in [0.4, 0.5) is 4.39 Å². The van der Waals surface area contributed by atoms with Gasteiger partial charge >= 0.3 is 0 Å². The van der Waals surface area contributed by atoms with Gasteiger partial charge in [-0.1, -0.05) is 25.1 Å². The number of rotatable bonds is 6. The van der Waals surface area contributed by atoms with Crippen LogP contribution in [0.2, 0.25) is 0 Å². The molecule has 0 amide bonds. The van der Waals surface area contributed by atoms with Gasteiger partial charge < -0.3 is 14.9 Å². The number of aliphatic hydroxyl groups excluding tert-OH is 1. The van der Waals surface area contributed by atoms with Crippen LogP contribution < -0.4 is 0 Å². The van der Waals surface area contributed by atoms with Gasteiger partial charge in [-0.25, -0.2) is 4.39 Å². The minimum atomic E-state index is -0.737. The summed E-state index contributed by atoms with van der Waals surface area (Å²) >= 11 is 0. The van der Waals surface area contributed by atoms with Crippen LogP contribution >= 0.6 is 0 Å². The van der Waals surface area contributed by atoms with E-state index in [4.69, 9.17) is 0 Å². The molecule has 1 aliphatic rings. The predicted octanol–water partition coefficient (Wildman–Crippen LogP) is 2.13. The molecule has 0 aliphatic carbocycles. The van der Waals surface area contributed by atoms with Crippen LogP contribution in [0, 0.1) is 11.7 Å². The molecule has 1 N–H and O–H groups in total. The Morgan fingerprint density at radius 1 is 1.45 bits per heavy atom. The number of benzene rings is 1. The lowest BCUT2D eigenvalue weighted by Crippen LogP contribution is -2.30. The topological polar surface area (TPSA) is 26.7 Å². The molecular formula is C16H25FN2O. The van der Waals surface area contributed by atoms with Crippen molar-refractivity contribution in [2.75, 3.05) is 39.8 Å². The lowest BCUT2D eigenvalue weighted by Gasteiger charge is -2.22. The van der Waals surface area contributed by atoms with E-state index in [2.05, 4.69) is 23.8 Å². The van der Waals surface area contributed by atoms with E-state index in [9.17, 15) is 9.50 Å². The smallest absolute Gasteiger partial charge is 0.129 e. The van der Waals surface area contributed by atoms with E-state index >= 15 is 0 Å². The second-order valence-electron chi connectivity index (χ2n) is 5.81. The van der Waals surface area contributed by atoms with Gasteiger partial charge in [-0.3, -0.25) is 0 Å². The number of hydrogen-bond acceptors (Lipinski definition) is 3. The molecule has 1 fully saturated rings. The highest BCUT2D eigenvalue weighted by Gasteiger charge is 2.25. The van der Waals surface area contributed by atoms with E-state index < -0.39 is 6.10 Å². The summed E-state index contributed by atoms with van der Waals surface area (Å²) in [4.78, 5) is 4.56. The van der Waals surface area contributed by atoms with Gasteiger partial charge in [0.15, 0.2) is 0 Å². The molecule has 1 heterocycles. The summed E-state index contributed by atoms with van der Waals surface area (Å²) in [7, 11) is 2.14. The highest BCUT2D eigenvalue weighted by molar-refractivity contribution is 5.20. The van der Waals surface area contributed by atoms with Crippen molar-refractivity contribution in [1.82, 2.24) is 9.80 Å². The first-order chi connectivity index (χ1) is 9.60. The normalized spacial score (nSPS) is 21.6. The van der Waals surface area contributed by atoms with Crippen molar-refractivity contribution in [3.05, 3.63) is 35.6 Å². The summed E-state index contributed by atoms with van der Waals surface area (Å²) in [6.45, 7) is 6.84. The molecule has 1 aromatic carbocycles. The van der Waals surface area contributed by atoms with Crippen LogP contribution in [0.25, 0.3) is 0 Å². The Labute approximate surface area is 121 Å². The number of likely N-dealkylation sites (tertiary alicyclic amines) is 1. The van der Waals surface area contributed by atoms with Crippen molar-refractivity contribution in [1.29, 1.82) is 0 Å². The zero-order valence-corrected chi connectivity index (χ0v) is 12.4. The predicted molar refractivity (Wildman–Crippen MR) is 79.1 cm³/mol. The Morgan fingerprint density at radius 2 is 2.20 bits per heavy atom. The van der Waals surface area contributed by atoms with Crippen molar-refractivity contribution >= 4 is 0 Å². The third-order valence-corrected chi connectivity index (χ3v) is 4.18. The summed E-state index contributed by atoms with van der Waals surface area (Å²) < 4.78 is 13.6. The Balaban J connectivity index is 1.84. The van der Waals surface area contributed by atoms with Crippen LogP contribution in [0.3, 0.4) is 0 Å². The summed E-state index contributed by atoms with van der Waals surface area (Å²) in [6, 6.07) is 6.49. The average Bonchev–Trinajstić information content (AvgIpc) is 2.86. The molecule has 2 unspecified atom stereocenters. The zero-order valence-electron chi connectivity index (χ0n) is 12.4. The fourth-order valence-electron chi connectivity index (χ4n) is 2.89. The molecule has 0 spiro atoms. The monoisotopic (exact) mass is 280 g/mol. The van der Waals surface area contributed by atoms with Crippen molar-refractivity contribution in [2.45, 2.75) is 19.4 Å². The van der Waals surface area contributed by atoms with Crippen LogP contribution in [-0.2, 0) is 0 Å². The van der Waals surface area contributed by atoms with E-state index in [1.807, 2.05) is 0 Å². The van der Waals surface area contributed by atoms with Crippen LogP contribution in [0.5, 0.6) is 0 Å². The molecule has 2 atom stereocenters. The van der Waals surface area contributed by atoms with Gasteiger partial charge in [0.1, 0.15) is 5.82 Å². The number of β-amino-alcohol motifs (C(OH)–C–C–N with tert-alkyl or cyclic N) is 1. The molecule has 2 rings (SSSR count). The molecule has 20 heavy (non-hydrogen) atoms. The molecule has 1 saturated heterocycles. The maximum Gasteiger partial charge on any atom is 0.129 e. The zero-order chi connectivity index (χ0) is 14.5. The molecule has 112 valence electrons. The van der Waals surface area contributed by atoms with Gasteiger partial charge in [0, 0.05) is 25.2 Å². The van der Waals surface area contributed by atoms with Gasteiger partial charge in [-0.15, -0.1) is 0 Å². The fourth-order valence-corrected chi connectivity index (χ4v) is 2.89.